The molecule has 0 aliphatic carbocycles. The second-order valence-corrected chi connectivity index (χ2v) is 8.03. The Bertz CT molecular complexity index is 968. The number of hydrogen-bond acceptors (Lipinski definition) is 5. The zero-order chi connectivity index (χ0) is 20.1. The SMILES string of the molecule is CC(=O)c1ccc(NC(=O)C(C)SCc2cc(-c3ccc(Cl)cc3)no2)cc1. The van der Waals surface area contributed by atoms with Crippen LogP contribution in [0.25, 0.3) is 11.3 Å². The molecule has 5 nitrogen and oxygen atoms in total. The first-order valence-electron chi connectivity index (χ1n) is 8.67. The minimum absolute atomic E-state index is 0.00757. The maximum absolute atomic E-state index is 12.4. The maximum atomic E-state index is 12.4. The monoisotopic (exact) mass is 414 g/mol. The number of aromatic nitrogens is 1. The predicted molar refractivity (Wildman–Crippen MR) is 113 cm³/mol. The van der Waals surface area contributed by atoms with E-state index in [0.717, 1.165) is 11.3 Å². The Morgan fingerprint density at radius 2 is 1.82 bits per heavy atom. The molecule has 0 bridgehead atoms. The molecule has 1 amide bonds. The highest BCUT2D eigenvalue weighted by Crippen LogP contribution is 2.25. The maximum Gasteiger partial charge on any atom is 0.237 e. The van der Waals surface area contributed by atoms with Gasteiger partial charge in [0.05, 0.1) is 11.0 Å². The van der Waals surface area contributed by atoms with Gasteiger partial charge < -0.3 is 9.84 Å². The van der Waals surface area contributed by atoms with Crippen LogP contribution in [0.1, 0.15) is 30.0 Å². The highest BCUT2D eigenvalue weighted by molar-refractivity contribution is 7.99. The normalized spacial score (nSPS) is 11.8. The van der Waals surface area contributed by atoms with Crippen molar-refractivity contribution < 1.29 is 14.1 Å². The minimum atomic E-state index is -0.281. The molecule has 0 spiro atoms. The molecule has 0 aliphatic heterocycles. The van der Waals surface area contributed by atoms with Gasteiger partial charge in [-0.05, 0) is 50.2 Å². The van der Waals surface area contributed by atoms with Gasteiger partial charge in [0, 0.05) is 27.9 Å². The summed E-state index contributed by atoms with van der Waals surface area (Å²) in [5.74, 6) is 1.10. The van der Waals surface area contributed by atoms with E-state index in [2.05, 4.69) is 10.5 Å². The number of Topliss-reactive ketones (excluding diaryl/α,β-unsaturated/α-hetero) is 1. The predicted octanol–water partition coefficient (Wildman–Crippen LogP) is 5.46. The Hall–Kier alpha value is -2.57. The first-order valence-corrected chi connectivity index (χ1v) is 10.1. The van der Waals surface area contributed by atoms with Crippen LogP contribution in [0.2, 0.25) is 5.02 Å². The summed E-state index contributed by atoms with van der Waals surface area (Å²) in [6, 6.07) is 16.1. The molecular formula is C21H19ClN2O3S. The van der Waals surface area contributed by atoms with E-state index in [1.54, 1.807) is 36.4 Å². The van der Waals surface area contributed by atoms with Gasteiger partial charge in [-0.15, -0.1) is 11.8 Å². The molecule has 0 aliphatic rings. The van der Waals surface area contributed by atoms with Crippen molar-refractivity contribution in [1.29, 1.82) is 0 Å². The van der Waals surface area contributed by atoms with Crippen molar-refractivity contribution in [2.75, 3.05) is 5.32 Å². The van der Waals surface area contributed by atoms with Crippen LogP contribution in [0.3, 0.4) is 0 Å². The molecule has 2 aromatic carbocycles. The fourth-order valence-electron chi connectivity index (χ4n) is 2.45. The summed E-state index contributed by atoms with van der Waals surface area (Å²) in [5, 5.41) is 7.30. The zero-order valence-electron chi connectivity index (χ0n) is 15.4. The van der Waals surface area contributed by atoms with Gasteiger partial charge in [0.1, 0.15) is 11.5 Å². The second kappa shape index (κ2) is 9.08. The Labute approximate surface area is 172 Å². The van der Waals surface area contributed by atoms with E-state index in [1.807, 2.05) is 25.1 Å². The highest BCUT2D eigenvalue weighted by Gasteiger charge is 2.16. The summed E-state index contributed by atoms with van der Waals surface area (Å²) in [6.07, 6.45) is 0. The summed E-state index contributed by atoms with van der Waals surface area (Å²) in [4.78, 5) is 23.7. The van der Waals surface area contributed by atoms with Gasteiger partial charge in [0.15, 0.2) is 5.78 Å². The highest BCUT2D eigenvalue weighted by atomic mass is 35.5. The van der Waals surface area contributed by atoms with Crippen LogP contribution >= 0.6 is 23.4 Å². The smallest absolute Gasteiger partial charge is 0.237 e. The molecule has 3 aromatic rings. The van der Waals surface area contributed by atoms with Crippen LogP contribution in [0.5, 0.6) is 0 Å². The molecule has 1 heterocycles. The molecule has 1 atom stereocenters. The number of carbonyl (C=O) groups is 2. The molecule has 0 saturated heterocycles. The molecule has 1 unspecified atom stereocenters. The lowest BCUT2D eigenvalue weighted by Gasteiger charge is -2.11. The van der Waals surface area contributed by atoms with Crippen LogP contribution in [0.15, 0.2) is 59.1 Å². The van der Waals surface area contributed by atoms with Crippen molar-refractivity contribution in [1.82, 2.24) is 5.16 Å². The van der Waals surface area contributed by atoms with Crippen molar-refractivity contribution in [3.63, 3.8) is 0 Å². The molecule has 1 aromatic heterocycles. The largest absolute Gasteiger partial charge is 0.360 e. The van der Waals surface area contributed by atoms with Gasteiger partial charge in [-0.2, -0.15) is 0 Å². The number of anilines is 1. The topological polar surface area (TPSA) is 72.2 Å². The van der Waals surface area contributed by atoms with Crippen molar-refractivity contribution in [2.45, 2.75) is 24.9 Å². The van der Waals surface area contributed by atoms with Crippen molar-refractivity contribution >= 4 is 40.7 Å². The Morgan fingerprint density at radius 3 is 2.46 bits per heavy atom. The van der Waals surface area contributed by atoms with Crippen molar-refractivity contribution in [3.8, 4) is 11.3 Å². The summed E-state index contributed by atoms with van der Waals surface area (Å²) in [5.41, 5.74) is 2.92. The van der Waals surface area contributed by atoms with Crippen molar-refractivity contribution in [2.24, 2.45) is 0 Å². The number of thioether (sulfide) groups is 1. The average Bonchev–Trinajstić information content (AvgIpc) is 3.16. The third kappa shape index (κ3) is 5.24. The standard InChI is InChI=1S/C21H19ClN2O3S/c1-13(25)15-5-9-18(10-6-15)23-21(26)14(2)28-12-19-11-20(24-27-19)16-3-7-17(22)8-4-16/h3-11,14H,12H2,1-2H3,(H,23,26). The van der Waals surface area contributed by atoms with Gasteiger partial charge in [-0.1, -0.05) is 28.9 Å². The molecule has 7 heteroatoms. The lowest BCUT2D eigenvalue weighted by molar-refractivity contribution is -0.115. The first kappa shape index (κ1) is 20.2. The number of ketones is 1. The van der Waals surface area contributed by atoms with Crippen LogP contribution in [0, 0.1) is 0 Å². The molecule has 1 N–H and O–H groups in total. The first-order chi connectivity index (χ1) is 13.4. The van der Waals surface area contributed by atoms with E-state index in [9.17, 15) is 9.59 Å². The fourth-order valence-corrected chi connectivity index (χ4v) is 3.34. The van der Waals surface area contributed by atoms with E-state index in [0.29, 0.717) is 27.8 Å². The van der Waals surface area contributed by atoms with E-state index in [-0.39, 0.29) is 16.9 Å². The van der Waals surface area contributed by atoms with Crippen LogP contribution in [-0.4, -0.2) is 22.1 Å². The number of nitrogens with zero attached hydrogens (tertiary/aromatic N) is 1. The molecule has 0 radical (unpaired) electrons. The van der Waals surface area contributed by atoms with E-state index in [1.165, 1.54) is 18.7 Å². The number of rotatable bonds is 7. The van der Waals surface area contributed by atoms with Gasteiger partial charge in [0.25, 0.3) is 0 Å². The molecule has 0 fully saturated rings. The van der Waals surface area contributed by atoms with E-state index >= 15 is 0 Å². The molecule has 144 valence electrons. The number of carbonyl (C=O) groups excluding carboxylic acids is 2. The lowest BCUT2D eigenvalue weighted by Crippen LogP contribution is -2.22. The van der Waals surface area contributed by atoms with E-state index in [4.69, 9.17) is 16.1 Å². The fraction of sp³-hybridized carbons (Fsp3) is 0.190. The summed E-state index contributed by atoms with van der Waals surface area (Å²) in [7, 11) is 0. The lowest BCUT2D eigenvalue weighted by atomic mass is 10.1. The molecule has 0 saturated carbocycles. The molecule has 3 rings (SSSR count). The van der Waals surface area contributed by atoms with Gasteiger partial charge in [-0.3, -0.25) is 9.59 Å². The third-order valence-electron chi connectivity index (χ3n) is 4.10. The quantitative estimate of drug-likeness (QED) is 0.520. The summed E-state index contributed by atoms with van der Waals surface area (Å²) >= 11 is 7.35. The minimum Gasteiger partial charge on any atom is -0.360 e. The number of nitrogens with one attached hydrogen (secondary N) is 1. The summed E-state index contributed by atoms with van der Waals surface area (Å²) < 4.78 is 5.37. The average molecular weight is 415 g/mol. The van der Waals surface area contributed by atoms with Gasteiger partial charge >= 0.3 is 0 Å². The number of hydrogen-bond donors (Lipinski definition) is 1. The third-order valence-corrected chi connectivity index (χ3v) is 5.52. The summed E-state index contributed by atoms with van der Waals surface area (Å²) in [6.45, 7) is 3.34. The van der Waals surface area contributed by atoms with Crippen LogP contribution in [0.4, 0.5) is 5.69 Å². The van der Waals surface area contributed by atoms with Crippen LogP contribution in [-0.2, 0) is 10.5 Å². The van der Waals surface area contributed by atoms with Crippen LogP contribution < -0.4 is 5.32 Å². The zero-order valence-corrected chi connectivity index (χ0v) is 17.0. The Balaban J connectivity index is 1.53. The van der Waals surface area contributed by atoms with Crippen molar-refractivity contribution in [3.05, 3.63) is 70.9 Å². The van der Waals surface area contributed by atoms with Gasteiger partial charge in [0.2, 0.25) is 5.91 Å². The van der Waals surface area contributed by atoms with Gasteiger partial charge in [-0.25, -0.2) is 0 Å². The second-order valence-electron chi connectivity index (χ2n) is 6.26. The molecule has 28 heavy (non-hydrogen) atoms. The molecular weight excluding hydrogens is 396 g/mol. The Morgan fingerprint density at radius 1 is 1.14 bits per heavy atom. The van der Waals surface area contributed by atoms with E-state index < -0.39 is 0 Å². The number of benzene rings is 2. The number of amides is 1. The Kier molecular flexibility index (Phi) is 6.54. The number of halogens is 1.